The number of aromatic nitrogens is 1. The fourth-order valence-corrected chi connectivity index (χ4v) is 2.84. The lowest BCUT2D eigenvalue weighted by Gasteiger charge is -2.17. The summed E-state index contributed by atoms with van der Waals surface area (Å²) in [6.07, 6.45) is 0. The normalized spacial score (nSPS) is 11.4. The van der Waals surface area contributed by atoms with Crippen molar-refractivity contribution in [3.63, 3.8) is 0 Å². The van der Waals surface area contributed by atoms with Gasteiger partial charge in [-0.05, 0) is 19.1 Å². The molecule has 2 nitrogen and oxygen atoms in total. The third kappa shape index (κ3) is 3.70. The molecule has 0 amide bonds. The van der Waals surface area contributed by atoms with Crippen molar-refractivity contribution in [1.82, 2.24) is 4.98 Å². The van der Waals surface area contributed by atoms with Crippen molar-refractivity contribution >= 4 is 17.5 Å². The summed E-state index contributed by atoms with van der Waals surface area (Å²) in [4.78, 5) is 17.0. The molecule has 0 aliphatic carbocycles. The van der Waals surface area contributed by atoms with E-state index < -0.39 is 0 Å². The van der Waals surface area contributed by atoms with Crippen LogP contribution >= 0.6 is 11.8 Å². The molecule has 20 heavy (non-hydrogen) atoms. The molecule has 0 atom stereocenters. The standard InChI is InChI=1S/C17H19NOS/c1-12-14(16(19)13-8-6-5-7-9-13)10-11-15(18-12)20-17(2,3)4/h5-11H,1-4H3. The highest BCUT2D eigenvalue weighted by atomic mass is 32.2. The minimum absolute atomic E-state index is 0.0305. The molecule has 0 spiro atoms. The van der Waals surface area contributed by atoms with Gasteiger partial charge in [-0.25, -0.2) is 4.98 Å². The van der Waals surface area contributed by atoms with E-state index in [1.807, 2.05) is 49.4 Å². The Labute approximate surface area is 124 Å². The summed E-state index contributed by atoms with van der Waals surface area (Å²) in [6.45, 7) is 8.34. The van der Waals surface area contributed by atoms with E-state index in [1.54, 1.807) is 11.8 Å². The van der Waals surface area contributed by atoms with E-state index in [0.717, 1.165) is 10.7 Å². The second-order valence-electron chi connectivity index (χ2n) is 5.69. The molecule has 3 heteroatoms. The SMILES string of the molecule is Cc1nc(SC(C)(C)C)ccc1C(=O)c1ccccc1. The summed E-state index contributed by atoms with van der Waals surface area (Å²) >= 11 is 1.71. The van der Waals surface area contributed by atoms with Gasteiger partial charge in [0.1, 0.15) is 0 Å². The van der Waals surface area contributed by atoms with Crippen molar-refractivity contribution in [3.05, 3.63) is 59.3 Å². The molecule has 0 fully saturated rings. The summed E-state index contributed by atoms with van der Waals surface area (Å²) in [5.74, 6) is 0.0305. The van der Waals surface area contributed by atoms with E-state index in [-0.39, 0.29) is 10.5 Å². The zero-order valence-electron chi connectivity index (χ0n) is 12.3. The number of pyridine rings is 1. The summed E-state index contributed by atoms with van der Waals surface area (Å²) in [7, 11) is 0. The van der Waals surface area contributed by atoms with Crippen LogP contribution in [0.3, 0.4) is 0 Å². The van der Waals surface area contributed by atoms with Crippen LogP contribution in [0.15, 0.2) is 47.5 Å². The van der Waals surface area contributed by atoms with Crippen LogP contribution in [0.1, 0.15) is 42.4 Å². The van der Waals surface area contributed by atoms with Gasteiger partial charge >= 0.3 is 0 Å². The molecule has 0 aliphatic heterocycles. The van der Waals surface area contributed by atoms with Crippen molar-refractivity contribution in [2.45, 2.75) is 37.5 Å². The van der Waals surface area contributed by atoms with Crippen LogP contribution in [0.4, 0.5) is 0 Å². The van der Waals surface area contributed by atoms with Crippen LogP contribution in [0.5, 0.6) is 0 Å². The predicted octanol–water partition coefficient (Wildman–Crippen LogP) is 4.51. The smallest absolute Gasteiger partial charge is 0.194 e. The van der Waals surface area contributed by atoms with E-state index >= 15 is 0 Å². The highest BCUT2D eigenvalue weighted by Crippen LogP contribution is 2.31. The molecule has 0 saturated heterocycles. The average Bonchev–Trinajstić information content (AvgIpc) is 2.37. The van der Waals surface area contributed by atoms with Crippen molar-refractivity contribution < 1.29 is 4.79 Å². The van der Waals surface area contributed by atoms with Crippen molar-refractivity contribution in [2.75, 3.05) is 0 Å². The Morgan fingerprint density at radius 1 is 1.05 bits per heavy atom. The second-order valence-corrected chi connectivity index (χ2v) is 7.54. The van der Waals surface area contributed by atoms with Crippen LogP contribution in [-0.2, 0) is 0 Å². The molecule has 2 aromatic rings. The van der Waals surface area contributed by atoms with Gasteiger partial charge in [-0.3, -0.25) is 4.79 Å². The quantitative estimate of drug-likeness (QED) is 0.614. The van der Waals surface area contributed by atoms with Gasteiger partial charge in [0.2, 0.25) is 0 Å². The molecular weight excluding hydrogens is 266 g/mol. The molecule has 0 saturated carbocycles. The maximum absolute atomic E-state index is 12.4. The monoisotopic (exact) mass is 285 g/mol. The molecule has 0 unspecified atom stereocenters. The molecule has 0 aliphatic rings. The first-order valence-corrected chi connectivity index (χ1v) is 7.45. The topological polar surface area (TPSA) is 30.0 Å². The lowest BCUT2D eigenvalue weighted by Crippen LogP contribution is -2.09. The molecule has 1 aromatic carbocycles. The van der Waals surface area contributed by atoms with Crippen LogP contribution in [0.25, 0.3) is 0 Å². The minimum atomic E-state index is 0.0305. The van der Waals surface area contributed by atoms with E-state index in [9.17, 15) is 4.79 Å². The van der Waals surface area contributed by atoms with E-state index in [0.29, 0.717) is 11.1 Å². The van der Waals surface area contributed by atoms with E-state index in [2.05, 4.69) is 25.8 Å². The largest absolute Gasteiger partial charge is 0.289 e. The Morgan fingerprint density at radius 2 is 1.70 bits per heavy atom. The molecule has 1 aromatic heterocycles. The maximum atomic E-state index is 12.4. The first-order valence-electron chi connectivity index (χ1n) is 6.63. The molecule has 1 heterocycles. The summed E-state index contributed by atoms with van der Waals surface area (Å²) in [6, 6.07) is 13.1. The maximum Gasteiger partial charge on any atom is 0.194 e. The predicted molar refractivity (Wildman–Crippen MR) is 84.5 cm³/mol. The van der Waals surface area contributed by atoms with Crippen molar-refractivity contribution in [1.29, 1.82) is 0 Å². The summed E-state index contributed by atoms with van der Waals surface area (Å²) < 4.78 is 0.115. The Bertz CT molecular complexity index is 615. The van der Waals surface area contributed by atoms with Gasteiger partial charge in [-0.15, -0.1) is 11.8 Å². The molecular formula is C17H19NOS. The lowest BCUT2D eigenvalue weighted by molar-refractivity contribution is 0.103. The third-order valence-electron chi connectivity index (χ3n) is 2.75. The zero-order valence-corrected chi connectivity index (χ0v) is 13.1. The number of ketones is 1. The first-order chi connectivity index (χ1) is 9.37. The number of hydrogen-bond donors (Lipinski definition) is 0. The first kappa shape index (κ1) is 14.8. The Kier molecular flexibility index (Phi) is 4.29. The van der Waals surface area contributed by atoms with Crippen LogP contribution in [0.2, 0.25) is 0 Å². The van der Waals surface area contributed by atoms with Crippen molar-refractivity contribution in [3.8, 4) is 0 Å². The highest BCUT2D eigenvalue weighted by molar-refractivity contribution is 8.00. The van der Waals surface area contributed by atoms with Gasteiger partial charge in [0.15, 0.2) is 5.78 Å². The van der Waals surface area contributed by atoms with Gasteiger partial charge in [-0.1, -0.05) is 51.1 Å². The number of carbonyl (C=O) groups excluding carboxylic acids is 1. The minimum Gasteiger partial charge on any atom is -0.289 e. The highest BCUT2D eigenvalue weighted by Gasteiger charge is 2.16. The summed E-state index contributed by atoms with van der Waals surface area (Å²) in [5, 5.41) is 0.958. The van der Waals surface area contributed by atoms with Gasteiger partial charge in [0.25, 0.3) is 0 Å². The number of carbonyl (C=O) groups is 1. The van der Waals surface area contributed by atoms with Gasteiger partial charge in [0, 0.05) is 21.6 Å². The molecule has 0 bridgehead atoms. The number of nitrogens with zero attached hydrogens (tertiary/aromatic N) is 1. The fourth-order valence-electron chi connectivity index (χ4n) is 1.89. The van der Waals surface area contributed by atoms with Gasteiger partial charge in [-0.2, -0.15) is 0 Å². The Morgan fingerprint density at radius 3 is 2.25 bits per heavy atom. The van der Waals surface area contributed by atoms with Gasteiger partial charge < -0.3 is 0 Å². The second kappa shape index (κ2) is 5.80. The number of thioether (sulfide) groups is 1. The van der Waals surface area contributed by atoms with Gasteiger partial charge in [0.05, 0.1) is 5.03 Å². The Balaban J connectivity index is 2.29. The molecule has 0 radical (unpaired) electrons. The third-order valence-corrected chi connectivity index (χ3v) is 3.80. The Hall–Kier alpha value is -1.61. The number of hydrogen-bond acceptors (Lipinski definition) is 3. The average molecular weight is 285 g/mol. The number of benzene rings is 1. The number of rotatable bonds is 3. The van der Waals surface area contributed by atoms with E-state index in [4.69, 9.17) is 0 Å². The molecule has 0 N–H and O–H groups in total. The van der Waals surface area contributed by atoms with E-state index in [1.165, 1.54) is 0 Å². The van der Waals surface area contributed by atoms with Crippen LogP contribution in [-0.4, -0.2) is 15.5 Å². The molecule has 2 rings (SSSR count). The van der Waals surface area contributed by atoms with Crippen LogP contribution in [0, 0.1) is 6.92 Å². The van der Waals surface area contributed by atoms with Crippen molar-refractivity contribution in [2.24, 2.45) is 0 Å². The zero-order chi connectivity index (χ0) is 14.8. The summed E-state index contributed by atoms with van der Waals surface area (Å²) in [5.41, 5.74) is 2.16. The van der Waals surface area contributed by atoms with Crippen LogP contribution < -0.4 is 0 Å². The number of aryl methyl sites for hydroxylation is 1. The lowest BCUT2D eigenvalue weighted by atomic mass is 10.0. The fraction of sp³-hybridized carbons (Fsp3) is 0.294. The molecule has 104 valence electrons.